The second-order valence-corrected chi connectivity index (χ2v) is 8.93. The SMILES string of the molecule is CCc1nnc(NC(=S)NC(=O)C23CC4CC(CC(C4)C2)C3)s1. The highest BCUT2D eigenvalue weighted by Crippen LogP contribution is 2.60. The molecule has 4 aliphatic carbocycles. The van der Waals surface area contributed by atoms with Crippen LogP contribution in [0.25, 0.3) is 0 Å². The summed E-state index contributed by atoms with van der Waals surface area (Å²) >= 11 is 6.78. The fourth-order valence-corrected chi connectivity index (χ4v) is 6.14. The number of nitrogens with zero attached hydrogens (tertiary/aromatic N) is 2. The summed E-state index contributed by atoms with van der Waals surface area (Å²) < 4.78 is 0. The maximum Gasteiger partial charge on any atom is 0.232 e. The van der Waals surface area contributed by atoms with Crippen molar-refractivity contribution in [3.05, 3.63) is 5.01 Å². The van der Waals surface area contributed by atoms with E-state index in [4.69, 9.17) is 12.2 Å². The molecule has 1 aromatic heterocycles. The van der Waals surface area contributed by atoms with Gasteiger partial charge in [0, 0.05) is 0 Å². The van der Waals surface area contributed by atoms with Gasteiger partial charge in [-0.3, -0.25) is 4.79 Å². The molecule has 5 rings (SSSR count). The van der Waals surface area contributed by atoms with Crippen LogP contribution in [0.15, 0.2) is 0 Å². The summed E-state index contributed by atoms with van der Waals surface area (Å²) in [6.45, 7) is 2.04. The van der Waals surface area contributed by atoms with E-state index < -0.39 is 0 Å². The quantitative estimate of drug-likeness (QED) is 0.820. The van der Waals surface area contributed by atoms with Gasteiger partial charge in [0.25, 0.3) is 0 Å². The molecule has 1 amide bonds. The minimum atomic E-state index is -0.170. The summed E-state index contributed by atoms with van der Waals surface area (Å²) in [5.74, 6) is 2.38. The lowest BCUT2D eigenvalue weighted by Gasteiger charge is -2.55. The van der Waals surface area contributed by atoms with Crippen LogP contribution in [0.3, 0.4) is 0 Å². The third-order valence-electron chi connectivity index (χ3n) is 5.74. The van der Waals surface area contributed by atoms with Crippen molar-refractivity contribution in [2.75, 3.05) is 5.32 Å². The van der Waals surface area contributed by atoms with E-state index >= 15 is 0 Å². The molecule has 0 unspecified atom stereocenters. The number of carbonyl (C=O) groups is 1. The molecule has 7 heteroatoms. The molecule has 4 fully saturated rings. The van der Waals surface area contributed by atoms with E-state index in [0.717, 1.165) is 48.4 Å². The first-order chi connectivity index (χ1) is 11.1. The Morgan fingerprint density at radius 3 is 2.35 bits per heavy atom. The standard InChI is InChI=1S/C16H22N4OS2/c1-2-12-19-20-15(23-12)18-14(22)17-13(21)16-6-9-3-10(7-16)5-11(4-9)8-16/h9-11H,2-8H2,1H3,(H2,17,18,20,21,22). The summed E-state index contributed by atoms with van der Waals surface area (Å²) in [4.78, 5) is 12.9. The molecule has 0 saturated heterocycles. The van der Waals surface area contributed by atoms with Gasteiger partial charge in [0.1, 0.15) is 5.01 Å². The maximum absolute atomic E-state index is 12.9. The number of anilines is 1. The van der Waals surface area contributed by atoms with Gasteiger partial charge in [-0.2, -0.15) is 0 Å². The Labute approximate surface area is 145 Å². The molecule has 4 aliphatic rings. The summed E-state index contributed by atoms with van der Waals surface area (Å²) in [7, 11) is 0. The Morgan fingerprint density at radius 2 is 1.83 bits per heavy atom. The lowest BCUT2D eigenvalue weighted by Crippen LogP contribution is -2.55. The van der Waals surface area contributed by atoms with Gasteiger partial charge in [0.15, 0.2) is 5.11 Å². The Balaban J connectivity index is 1.40. The lowest BCUT2D eigenvalue weighted by atomic mass is 9.49. The van der Waals surface area contributed by atoms with Crippen LogP contribution in [0.5, 0.6) is 0 Å². The van der Waals surface area contributed by atoms with Crippen LogP contribution in [-0.2, 0) is 11.2 Å². The van der Waals surface area contributed by atoms with Gasteiger partial charge in [-0.15, -0.1) is 10.2 Å². The predicted molar refractivity (Wildman–Crippen MR) is 94.3 cm³/mol. The van der Waals surface area contributed by atoms with E-state index in [1.54, 1.807) is 0 Å². The summed E-state index contributed by atoms with van der Waals surface area (Å²) in [5, 5.41) is 16.0. The van der Waals surface area contributed by atoms with Crippen LogP contribution in [0.4, 0.5) is 5.13 Å². The zero-order valence-corrected chi connectivity index (χ0v) is 14.9. The topological polar surface area (TPSA) is 66.9 Å². The Bertz CT molecular complexity index is 606. The first-order valence-electron chi connectivity index (χ1n) is 8.51. The van der Waals surface area contributed by atoms with Crippen LogP contribution in [0.1, 0.15) is 50.5 Å². The molecule has 5 nitrogen and oxygen atoms in total. The molecule has 2 N–H and O–H groups in total. The molecule has 0 aromatic carbocycles. The van der Waals surface area contributed by atoms with E-state index in [-0.39, 0.29) is 11.3 Å². The van der Waals surface area contributed by atoms with E-state index in [1.165, 1.54) is 30.6 Å². The monoisotopic (exact) mass is 350 g/mol. The zero-order valence-electron chi connectivity index (χ0n) is 13.3. The molecule has 23 heavy (non-hydrogen) atoms. The van der Waals surface area contributed by atoms with Crippen LogP contribution in [0.2, 0.25) is 0 Å². The summed E-state index contributed by atoms with van der Waals surface area (Å²) in [5.41, 5.74) is -0.170. The minimum Gasteiger partial charge on any atom is -0.307 e. The molecule has 0 spiro atoms. The number of thiocarbonyl (C=S) groups is 1. The molecular weight excluding hydrogens is 328 g/mol. The normalized spacial score (nSPS) is 34.4. The molecule has 124 valence electrons. The van der Waals surface area contributed by atoms with Crippen molar-refractivity contribution < 1.29 is 4.79 Å². The van der Waals surface area contributed by atoms with Crippen LogP contribution in [0, 0.1) is 23.2 Å². The number of hydrogen-bond acceptors (Lipinski definition) is 5. The molecule has 4 saturated carbocycles. The van der Waals surface area contributed by atoms with E-state index in [9.17, 15) is 4.79 Å². The molecule has 0 aliphatic heterocycles. The van der Waals surface area contributed by atoms with Crippen molar-refractivity contribution in [2.24, 2.45) is 23.2 Å². The Kier molecular flexibility index (Phi) is 3.88. The Hall–Kier alpha value is -1.08. The number of rotatable bonds is 3. The second-order valence-electron chi connectivity index (χ2n) is 7.46. The van der Waals surface area contributed by atoms with Crippen molar-refractivity contribution in [1.29, 1.82) is 0 Å². The molecule has 4 bridgehead atoms. The van der Waals surface area contributed by atoms with Gasteiger partial charge >= 0.3 is 0 Å². The van der Waals surface area contributed by atoms with Gasteiger partial charge in [-0.1, -0.05) is 18.3 Å². The van der Waals surface area contributed by atoms with Crippen molar-refractivity contribution in [2.45, 2.75) is 51.9 Å². The number of hydrogen-bond donors (Lipinski definition) is 2. The van der Waals surface area contributed by atoms with E-state index in [1.807, 2.05) is 6.92 Å². The van der Waals surface area contributed by atoms with Crippen molar-refractivity contribution in [1.82, 2.24) is 15.5 Å². The maximum atomic E-state index is 12.9. The van der Waals surface area contributed by atoms with Crippen molar-refractivity contribution in [3.8, 4) is 0 Å². The Morgan fingerprint density at radius 1 is 1.22 bits per heavy atom. The van der Waals surface area contributed by atoms with Gasteiger partial charge in [-0.25, -0.2) is 0 Å². The number of amides is 1. The summed E-state index contributed by atoms with van der Waals surface area (Å²) in [6, 6.07) is 0. The largest absolute Gasteiger partial charge is 0.307 e. The zero-order chi connectivity index (χ0) is 16.0. The van der Waals surface area contributed by atoms with Crippen LogP contribution in [-0.4, -0.2) is 21.2 Å². The smallest absolute Gasteiger partial charge is 0.232 e. The number of aryl methyl sites for hydroxylation is 1. The van der Waals surface area contributed by atoms with Gasteiger partial charge in [0.2, 0.25) is 11.0 Å². The van der Waals surface area contributed by atoms with E-state index in [2.05, 4.69) is 20.8 Å². The van der Waals surface area contributed by atoms with Crippen LogP contribution >= 0.6 is 23.6 Å². The first-order valence-corrected chi connectivity index (χ1v) is 9.73. The lowest BCUT2D eigenvalue weighted by molar-refractivity contribution is -0.144. The molecule has 1 aromatic rings. The van der Waals surface area contributed by atoms with Gasteiger partial charge in [0.05, 0.1) is 5.41 Å². The van der Waals surface area contributed by atoms with Gasteiger partial charge < -0.3 is 10.6 Å². The number of carbonyl (C=O) groups excluding carboxylic acids is 1. The first kappa shape index (κ1) is 15.4. The highest BCUT2D eigenvalue weighted by Gasteiger charge is 2.54. The third-order valence-corrected chi connectivity index (χ3v) is 6.92. The van der Waals surface area contributed by atoms with Gasteiger partial charge in [-0.05, 0) is 74.9 Å². The van der Waals surface area contributed by atoms with Crippen molar-refractivity contribution >= 4 is 39.7 Å². The average molecular weight is 351 g/mol. The average Bonchev–Trinajstić information content (AvgIpc) is 2.93. The fraction of sp³-hybridized carbons (Fsp3) is 0.750. The number of aromatic nitrogens is 2. The van der Waals surface area contributed by atoms with E-state index in [0.29, 0.717) is 10.2 Å². The molecule has 0 radical (unpaired) electrons. The predicted octanol–water partition coefficient (Wildman–Crippen LogP) is 3.13. The summed E-state index contributed by atoms with van der Waals surface area (Å²) in [6.07, 6.45) is 8.00. The highest BCUT2D eigenvalue weighted by atomic mass is 32.1. The highest BCUT2D eigenvalue weighted by molar-refractivity contribution is 7.80. The molecule has 0 atom stereocenters. The number of nitrogens with one attached hydrogen (secondary N) is 2. The second kappa shape index (κ2) is 5.77. The molecule has 1 heterocycles. The molecular formula is C16H22N4OS2. The minimum absolute atomic E-state index is 0.120. The third kappa shape index (κ3) is 2.89. The fourth-order valence-electron chi connectivity index (χ4n) is 5.20. The van der Waals surface area contributed by atoms with Crippen LogP contribution < -0.4 is 10.6 Å². The van der Waals surface area contributed by atoms with Crippen molar-refractivity contribution in [3.63, 3.8) is 0 Å².